The van der Waals surface area contributed by atoms with Gasteiger partial charge in [0.1, 0.15) is 6.33 Å². The van der Waals surface area contributed by atoms with Gasteiger partial charge in [-0.3, -0.25) is 0 Å². The van der Waals surface area contributed by atoms with Crippen molar-refractivity contribution in [1.29, 1.82) is 0 Å². The first-order valence-electron chi connectivity index (χ1n) is 4.18. The lowest BCUT2D eigenvalue weighted by Gasteiger charge is -2.04. The largest absolute Gasteiger partial charge is 0.399 e. The second-order valence-corrected chi connectivity index (χ2v) is 2.99. The van der Waals surface area contributed by atoms with Crippen LogP contribution < -0.4 is 5.73 Å². The fourth-order valence-electron chi connectivity index (χ4n) is 1.26. The van der Waals surface area contributed by atoms with Crippen LogP contribution in [0.1, 0.15) is 0 Å². The lowest BCUT2D eigenvalue weighted by atomic mass is 10.1. The van der Waals surface area contributed by atoms with Crippen LogP contribution in [0.25, 0.3) is 11.1 Å². The molecule has 1 aromatic carbocycles. The average molecular weight is 207 g/mol. The van der Waals surface area contributed by atoms with Crippen molar-refractivity contribution in [3.63, 3.8) is 0 Å². The SMILES string of the molecule is Nc1cc(F)c(F)c(-c2cncnc2)c1. The fourth-order valence-corrected chi connectivity index (χ4v) is 1.26. The van der Waals surface area contributed by atoms with Gasteiger partial charge in [0.15, 0.2) is 11.6 Å². The molecule has 0 aliphatic rings. The summed E-state index contributed by atoms with van der Waals surface area (Å²) in [5.74, 6) is -1.92. The molecule has 76 valence electrons. The van der Waals surface area contributed by atoms with E-state index in [1.165, 1.54) is 24.8 Å². The van der Waals surface area contributed by atoms with E-state index in [1.54, 1.807) is 0 Å². The maximum Gasteiger partial charge on any atom is 0.166 e. The molecule has 0 aliphatic heterocycles. The summed E-state index contributed by atoms with van der Waals surface area (Å²) in [6.45, 7) is 0. The van der Waals surface area contributed by atoms with Gasteiger partial charge in [-0.05, 0) is 12.1 Å². The van der Waals surface area contributed by atoms with Gasteiger partial charge >= 0.3 is 0 Å². The number of nitrogens with zero attached hydrogens (tertiary/aromatic N) is 2. The van der Waals surface area contributed by atoms with Gasteiger partial charge in [-0.1, -0.05) is 0 Å². The van der Waals surface area contributed by atoms with E-state index in [9.17, 15) is 8.78 Å². The third-order valence-corrected chi connectivity index (χ3v) is 1.92. The predicted molar refractivity (Wildman–Crippen MR) is 51.8 cm³/mol. The summed E-state index contributed by atoms with van der Waals surface area (Å²) in [6, 6.07) is 2.28. The summed E-state index contributed by atoms with van der Waals surface area (Å²) in [7, 11) is 0. The van der Waals surface area contributed by atoms with Gasteiger partial charge in [-0.2, -0.15) is 0 Å². The molecule has 0 aliphatic carbocycles. The van der Waals surface area contributed by atoms with Crippen molar-refractivity contribution in [2.24, 2.45) is 0 Å². The minimum atomic E-state index is -0.978. The molecule has 2 N–H and O–H groups in total. The molecule has 5 heteroatoms. The molecule has 1 heterocycles. The standard InChI is InChI=1S/C10H7F2N3/c11-9-2-7(13)1-8(10(9)12)6-3-14-5-15-4-6/h1-5H,13H2. The van der Waals surface area contributed by atoms with Crippen LogP contribution in [-0.2, 0) is 0 Å². The highest BCUT2D eigenvalue weighted by Gasteiger charge is 2.11. The molecule has 0 saturated heterocycles. The molecule has 2 aromatic rings. The van der Waals surface area contributed by atoms with Crippen molar-refractivity contribution in [1.82, 2.24) is 9.97 Å². The van der Waals surface area contributed by atoms with Gasteiger partial charge in [0.2, 0.25) is 0 Å². The van der Waals surface area contributed by atoms with Crippen molar-refractivity contribution < 1.29 is 8.78 Å². The molecule has 0 fully saturated rings. The zero-order chi connectivity index (χ0) is 10.8. The number of halogens is 2. The van der Waals surface area contributed by atoms with E-state index in [-0.39, 0.29) is 11.3 Å². The second-order valence-electron chi connectivity index (χ2n) is 2.99. The van der Waals surface area contributed by atoms with Crippen molar-refractivity contribution in [2.45, 2.75) is 0 Å². The Bertz CT molecular complexity index is 486. The van der Waals surface area contributed by atoms with Gasteiger partial charge < -0.3 is 5.73 Å². The number of aromatic nitrogens is 2. The lowest BCUT2D eigenvalue weighted by Crippen LogP contribution is -1.95. The Balaban J connectivity index is 2.63. The maximum absolute atomic E-state index is 13.4. The predicted octanol–water partition coefficient (Wildman–Crippen LogP) is 2.00. The van der Waals surface area contributed by atoms with Crippen LogP contribution >= 0.6 is 0 Å². The topological polar surface area (TPSA) is 51.8 Å². The Kier molecular flexibility index (Phi) is 2.29. The van der Waals surface area contributed by atoms with Crippen LogP contribution in [0.5, 0.6) is 0 Å². The highest BCUT2D eigenvalue weighted by atomic mass is 19.2. The zero-order valence-corrected chi connectivity index (χ0v) is 7.61. The van der Waals surface area contributed by atoms with Gasteiger partial charge in [-0.15, -0.1) is 0 Å². The molecule has 0 spiro atoms. The minimum Gasteiger partial charge on any atom is -0.399 e. The Labute approximate surface area is 84.6 Å². The fraction of sp³-hybridized carbons (Fsp3) is 0. The van der Waals surface area contributed by atoms with Crippen molar-refractivity contribution >= 4 is 5.69 Å². The Morgan fingerprint density at radius 2 is 1.73 bits per heavy atom. The van der Waals surface area contributed by atoms with Gasteiger partial charge in [0, 0.05) is 29.2 Å². The summed E-state index contributed by atoms with van der Waals surface area (Å²) < 4.78 is 26.4. The van der Waals surface area contributed by atoms with E-state index in [0.717, 1.165) is 6.07 Å². The van der Waals surface area contributed by atoms with Gasteiger partial charge in [-0.25, -0.2) is 18.7 Å². The Hall–Kier alpha value is -2.04. The Morgan fingerprint density at radius 1 is 1.07 bits per heavy atom. The molecule has 3 nitrogen and oxygen atoms in total. The molecule has 0 radical (unpaired) electrons. The Morgan fingerprint density at radius 3 is 2.40 bits per heavy atom. The first-order chi connectivity index (χ1) is 7.18. The third kappa shape index (κ3) is 1.76. The molecule has 0 bridgehead atoms. The number of nitrogen functional groups attached to an aromatic ring is 1. The summed E-state index contributed by atoms with van der Waals surface area (Å²) in [4.78, 5) is 7.44. The average Bonchev–Trinajstić information content (AvgIpc) is 2.24. The van der Waals surface area contributed by atoms with E-state index in [0.29, 0.717) is 5.56 Å². The van der Waals surface area contributed by atoms with Crippen molar-refractivity contribution in [2.75, 3.05) is 5.73 Å². The molecule has 0 saturated carbocycles. The summed E-state index contributed by atoms with van der Waals surface area (Å²) in [5, 5.41) is 0. The first-order valence-corrected chi connectivity index (χ1v) is 4.18. The number of nitrogens with two attached hydrogens (primary N) is 1. The monoisotopic (exact) mass is 207 g/mol. The van der Waals surface area contributed by atoms with Crippen LogP contribution in [0.3, 0.4) is 0 Å². The molecule has 0 amide bonds. The third-order valence-electron chi connectivity index (χ3n) is 1.92. The van der Waals surface area contributed by atoms with Gasteiger partial charge in [0.05, 0.1) is 0 Å². The van der Waals surface area contributed by atoms with E-state index in [2.05, 4.69) is 9.97 Å². The molecular weight excluding hydrogens is 200 g/mol. The van der Waals surface area contributed by atoms with Crippen molar-refractivity contribution in [3.8, 4) is 11.1 Å². The number of hydrogen-bond donors (Lipinski definition) is 1. The minimum absolute atomic E-state index is 0.0631. The summed E-state index contributed by atoms with van der Waals surface area (Å²) in [5.41, 5.74) is 6.03. The number of anilines is 1. The van der Waals surface area contributed by atoms with Crippen LogP contribution in [0, 0.1) is 11.6 Å². The quantitative estimate of drug-likeness (QED) is 0.727. The number of benzene rings is 1. The summed E-state index contributed by atoms with van der Waals surface area (Å²) in [6.07, 6.45) is 4.10. The van der Waals surface area contributed by atoms with Crippen LogP contribution in [0.4, 0.5) is 14.5 Å². The van der Waals surface area contributed by atoms with E-state index in [4.69, 9.17) is 5.73 Å². The lowest BCUT2D eigenvalue weighted by molar-refractivity contribution is 0.511. The van der Waals surface area contributed by atoms with E-state index >= 15 is 0 Å². The number of rotatable bonds is 1. The van der Waals surface area contributed by atoms with Crippen LogP contribution in [0.2, 0.25) is 0 Å². The molecule has 15 heavy (non-hydrogen) atoms. The maximum atomic E-state index is 13.4. The number of hydrogen-bond acceptors (Lipinski definition) is 3. The molecular formula is C10H7F2N3. The molecule has 1 aromatic heterocycles. The second kappa shape index (κ2) is 3.61. The molecule has 0 atom stereocenters. The van der Waals surface area contributed by atoms with Crippen LogP contribution in [0.15, 0.2) is 30.9 Å². The highest BCUT2D eigenvalue weighted by molar-refractivity contribution is 5.66. The zero-order valence-electron chi connectivity index (χ0n) is 7.61. The summed E-state index contributed by atoms with van der Waals surface area (Å²) >= 11 is 0. The van der Waals surface area contributed by atoms with E-state index < -0.39 is 11.6 Å². The highest BCUT2D eigenvalue weighted by Crippen LogP contribution is 2.25. The normalized spacial score (nSPS) is 10.3. The van der Waals surface area contributed by atoms with Gasteiger partial charge in [0.25, 0.3) is 0 Å². The molecule has 2 rings (SSSR count). The van der Waals surface area contributed by atoms with E-state index in [1.807, 2.05) is 0 Å². The molecule has 0 unspecified atom stereocenters. The smallest absolute Gasteiger partial charge is 0.166 e. The van der Waals surface area contributed by atoms with Crippen LogP contribution in [-0.4, -0.2) is 9.97 Å². The van der Waals surface area contributed by atoms with Crippen molar-refractivity contribution in [3.05, 3.63) is 42.5 Å². The first kappa shape index (κ1) is 9.51.